The van der Waals surface area contributed by atoms with E-state index in [4.69, 9.17) is 58.1 Å². The summed E-state index contributed by atoms with van der Waals surface area (Å²) in [5, 5.41) is 48.8. The fraction of sp³-hybridized carbons (Fsp3) is 0.459. The summed E-state index contributed by atoms with van der Waals surface area (Å²) in [7, 11) is 0. The quantitative estimate of drug-likeness (QED) is 0.0195. The Morgan fingerprint density at radius 3 is 1.31 bits per heavy atom. The number of alkyl halides is 2. The first-order valence-corrected chi connectivity index (χ1v) is 46.1. The summed E-state index contributed by atoms with van der Waals surface area (Å²) in [6.07, 6.45) is 28.8. The maximum Gasteiger partial charge on any atom is 0.410 e. The Kier molecular flexibility index (Phi) is 37.9. The molecule has 31 nitrogen and oxygen atoms in total. The Hall–Kier alpha value is -11.5. The van der Waals surface area contributed by atoms with E-state index >= 15 is 0 Å². The van der Waals surface area contributed by atoms with Crippen molar-refractivity contribution < 1.29 is 85.4 Å². The molecule has 2 fully saturated rings. The Labute approximate surface area is 778 Å². The van der Waals surface area contributed by atoms with E-state index in [0.29, 0.717) is 124 Å². The number of amides is 2. The number of phenolic OH excluding ortho intramolecular Hbond substituents is 1. The van der Waals surface area contributed by atoms with Crippen LogP contribution in [0.4, 0.5) is 21.2 Å². The number of Topliss-reactive ketones (excluding diaryl/α,β-unsaturated/α-hetero) is 2. The molecule has 7 aromatic heterocycles. The van der Waals surface area contributed by atoms with E-state index in [2.05, 4.69) is 114 Å². The molecule has 0 saturated heterocycles. The van der Waals surface area contributed by atoms with Gasteiger partial charge in [-0.15, -0.1) is 11.6 Å². The van der Waals surface area contributed by atoms with Gasteiger partial charge in [0.2, 0.25) is 0 Å². The number of carbonyl (C=O) groups is 4. The number of oxazole rings is 5. The second kappa shape index (κ2) is 49.6. The van der Waals surface area contributed by atoms with Crippen molar-refractivity contribution in [1.82, 2.24) is 54.9 Å². The first-order chi connectivity index (χ1) is 63.0. The molecular weight excluding hydrogens is 1760 g/mol. The highest BCUT2D eigenvalue weighted by Gasteiger charge is 2.31. The van der Waals surface area contributed by atoms with E-state index in [-0.39, 0.29) is 36.2 Å². The number of aliphatic hydroxyl groups excluding tert-OH is 3. The summed E-state index contributed by atoms with van der Waals surface area (Å²) in [6, 6.07) is 24.0. The van der Waals surface area contributed by atoms with Crippen LogP contribution in [0.25, 0.3) is 0 Å². The zero-order chi connectivity index (χ0) is 93.4. The molecule has 11 heterocycles. The van der Waals surface area contributed by atoms with Crippen LogP contribution < -0.4 is 30.2 Å². The molecule has 2 aliphatic carbocycles. The SMILES string of the molecule is BrCc1cnco1.Cc1cc(O)cc2c1CN(C(=O)OC(C)(C)C)CC2.Cc1cc(OCc2cnco2)cc2c1CN(C(=O)OC(C)(C)C)CC2.Cc1cc(OCc2cnco2)cc2c1CN(C[C@@H](O)CCC(=O)c1ccnc(NC3CCC3)c1)CC2.Cc1cc(OCc2cnco2)cc2c1CNCC2.O=C(CC[C@H](O)CCl)c1ccnc(NC2CCC2)c1.OCc1cnco1. The van der Waals surface area contributed by atoms with Crippen LogP contribution in [0.15, 0.2) is 170 Å². The lowest BCUT2D eigenvalue weighted by molar-refractivity contribution is 0.0213. The minimum Gasteiger partial charge on any atom is -0.508 e. The largest absolute Gasteiger partial charge is 0.508 e. The van der Waals surface area contributed by atoms with Crippen LogP contribution in [-0.4, -0.2) is 168 Å². The van der Waals surface area contributed by atoms with Gasteiger partial charge in [-0.25, -0.2) is 44.5 Å². The lowest BCUT2D eigenvalue weighted by atomic mass is 9.93. The van der Waals surface area contributed by atoms with Crippen LogP contribution in [0.5, 0.6) is 23.0 Å². The minimum absolute atomic E-state index is 0.0169. The molecule has 0 spiro atoms. The van der Waals surface area contributed by atoms with Gasteiger partial charge in [-0.05, 0) is 292 Å². The summed E-state index contributed by atoms with van der Waals surface area (Å²) in [5.74, 6) is 8.07. The van der Waals surface area contributed by atoms with Crippen LogP contribution in [-0.2, 0) is 93.1 Å². The molecular formula is C98H123BrClN13O18. The predicted molar refractivity (Wildman–Crippen MR) is 496 cm³/mol. The molecule has 0 bridgehead atoms. The summed E-state index contributed by atoms with van der Waals surface area (Å²) in [5.41, 5.74) is 14.9. The Bertz CT molecular complexity index is 5340. The van der Waals surface area contributed by atoms with Crippen LogP contribution in [0, 0.1) is 27.7 Å². The molecule has 11 aromatic rings. The fourth-order valence-electron chi connectivity index (χ4n) is 15.0. The van der Waals surface area contributed by atoms with Crippen molar-refractivity contribution in [3.8, 4) is 23.0 Å². The highest BCUT2D eigenvalue weighted by molar-refractivity contribution is 9.08. The normalized spacial score (nSPS) is 14.9. The van der Waals surface area contributed by atoms with Gasteiger partial charge in [0.1, 0.15) is 83.8 Å². The molecule has 4 aromatic carbocycles. The van der Waals surface area contributed by atoms with E-state index in [1.165, 1.54) is 108 Å². The number of carbonyl (C=O) groups excluding carboxylic acids is 4. The number of β-amino-alcohol motifs (C(OH)–C–C–N with tert-alkyl or cyclic N) is 1. The smallest absolute Gasteiger partial charge is 0.410 e. The number of ether oxygens (including phenoxy) is 5. The number of nitrogens with zero attached hydrogens (tertiary/aromatic N) is 10. The lowest BCUT2D eigenvalue weighted by Gasteiger charge is -2.32. The van der Waals surface area contributed by atoms with Crippen molar-refractivity contribution in [2.75, 3.05) is 49.2 Å². The maximum atomic E-state index is 12.7. The highest BCUT2D eigenvalue weighted by Crippen LogP contribution is 2.34. The second-order valence-corrected chi connectivity index (χ2v) is 35.9. The number of aromatic hydroxyl groups is 1. The number of phenols is 1. The van der Waals surface area contributed by atoms with Crippen molar-refractivity contribution in [1.29, 1.82) is 0 Å². The number of benzene rings is 4. The zero-order valence-corrected chi connectivity index (χ0v) is 78.7. The number of anilines is 2. The van der Waals surface area contributed by atoms with Crippen LogP contribution in [0.2, 0.25) is 0 Å². The number of hydrogen-bond donors (Lipinski definition) is 7. The van der Waals surface area contributed by atoms with Gasteiger partial charge >= 0.3 is 12.2 Å². The third-order valence-corrected chi connectivity index (χ3v) is 23.3. The van der Waals surface area contributed by atoms with Gasteiger partial charge in [-0.1, -0.05) is 15.9 Å². The first kappa shape index (κ1) is 100. The third kappa shape index (κ3) is 32.5. The Balaban J connectivity index is 0.000000155. The molecule has 702 valence electrons. The topological polar surface area (TPSA) is 397 Å². The monoisotopic (exact) mass is 1880 g/mol. The number of aliphatic hydroxyl groups is 3. The van der Waals surface area contributed by atoms with Gasteiger partial charge in [0.15, 0.2) is 60.8 Å². The second-order valence-electron chi connectivity index (χ2n) is 35.0. The zero-order valence-electron chi connectivity index (χ0n) is 76.4. The van der Waals surface area contributed by atoms with Gasteiger partial charge in [-0.2, -0.15) is 0 Å². The molecule has 33 heteroatoms. The highest BCUT2D eigenvalue weighted by atomic mass is 79.9. The van der Waals surface area contributed by atoms with Gasteiger partial charge in [-0.3, -0.25) is 14.5 Å². The Morgan fingerprint density at radius 2 is 0.916 bits per heavy atom. The number of fused-ring (bicyclic) bond motifs is 4. The van der Waals surface area contributed by atoms with Crippen molar-refractivity contribution in [2.24, 2.45) is 0 Å². The molecule has 131 heavy (non-hydrogen) atoms. The number of aromatic nitrogens is 7. The van der Waals surface area contributed by atoms with E-state index in [1.807, 2.05) is 73.6 Å². The van der Waals surface area contributed by atoms with Gasteiger partial charge < -0.3 is 91.9 Å². The van der Waals surface area contributed by atoms with Crippen molar-refractivity contribution in [2.45, 2.75) is 253 Å². The van der Waals surface area contributed by atoms with Gasteiger partial charge in [0.05, 0.1) is 48.5 Å². The number of aryl methyl sites for hydroxylation is 4. The average Bonchev–Trinajstić information content (AvgIpc) is 1.47. The summed E-state index contributed by atoms with van der Waals surface area (Å²) in [4.78, 5) is 82.3. The molecule has 7 N–H and O–H groups in total. The summed E-state index contributed by atoms with van der Waals surface area (Å²) < 4.78 is 53.3. The molecule has 17 rings (SSSR count). The van der Waals surface area contributed by atoms with Crippen LogP contribution >= 0.6 is 27.5 Å². The molecule has 6 aliphatic rings. The molecule has 2 saturated carbocycles. The molecule has 4 aliphatic heterocycles. The number of rotatable bonds is 26. The van der Waals surface area contributed by atoms with E-state index in [1.54, 1.807) is 77.3 Å². The number of ketones is 2. The minimum atomic E-state index is -0.611. The number of halogens is 2. The number of hydrogen-bond acceptors (Lipinski definition) is 29. The maximum absolute atomic E-state index is 12.7. The number of nitrogens with one attached hydrogen (secondary N) is 3. The van der Waals surface area contributed by atoms with E-state index in [0.717, 1.165) is 133 Å². The summed E-state index contributed by atoms with van der Waals surface area (Å²) in [6.45, 7) is 27.1. The van der Waals surface area contributed by atoms with Gasteiger partial charge in [0.25, 0.3) is 0 Å². The fourth-order valence-corrected chi connectivity index (χ4v) is 15.4. The standard InChI is InChI=1S/C28H34N4O4.C19H24N2O4.C15H21NO3.C14H19ClN2O2.C14H16N2O2.C4H4BrNO.C4H5NO2/c1-19-11-24(35-17-25-14-29-18-36-25)12-20-8-10-32(16-26(19)20)15-23(33)5-6-27(34)21-7-9-30-28(13-21)31-22-3-2-4-22;1-13-7-15(23-11-16-9-20-12-24-16)8-14-5-6-21(10-17(13)14)18(22)25-19(2,3)4;1-10-7-12(17)8-11-5-6-16(9-13(10)11)14(18)19-15(2,3)4;15-9-12(18)4-5-13(19)10-6-7-16-14(8-10)17-11-2-1-3-11;1-10-4-12(17-8-13-6-16-9-18-13)5-11-2-3-15-7-14(10)11;5-1-4-2-6-3-7-4;6-2-4-1-5-3-7-4/h7,9,11-14,18,22-23,33H,2-6,8,10,15-17H2,1H3,(H,30,31);7-9,12H,5-6,10-11H2,1-4H3;7-8,17H,5-6,9H2,1-4H3;6-8,11-12,18H,1-5,9H2,(H,16,17);4-6,9,15H,2-3,7-8H2,1H3;2-3H,1H2;1,3,6H,2H2/t23-;;;12-;;;/m0..0.../s1. The van der Waals surface area contributed by atoms with E-state index in [9.17, 15) is 34.5 Å². The van der Waals surface area contributed by atoms with Crippen molar-refractivity contribution in [3.05, 3.63) is 255 Å². The summed E-state index contributed by atoms with van der Waals surface area (Å²) >= 11 is 8.71. The number of pyridine rings is 2. The predicted octanol–water partition coefficient (Wildman–Crippen LogP) is 17.7. The van der Waals surface area contributed by atoms with Crippen LogP contribution in [0.1, 0.15) is 222 Å². The third-order valence-electron chi connectivity index (χ3n) is 22.4. The lowest BCUT2D eigenvalue weighted by Crippen LogP contribution is -2.40. The Morgan fingerprint density at radius 1 is 0.519 bits per heavy atom. The molecule has 0 unspecified atom stereocenters. The van der Waals surface area contributed by atoms with E-state index < -0.39 is 23.4 Å². The molecule has 0 radical (unpaired) electrons. The first-order valence-electron chi connectivity index (χ1n) is 44.4. The van der Waals surface area contributed by atoms with Gasteiger partial charge in [0, 0.05) is 107 Å². The van der Waals surface area contributed by atoms with Crippen LogP contribution in [0.3, 0.4) is 0 Å². The average molecular weight is 1890 g/mol. The molecule has 2 atom stereocenters. The molecule has 2 amide bonds. The van der Waals surface area contributed by atoms with Crippen molar-refractivity contribution in [3.63, 3.8) is 0 Å². The van der Waals surface area contributed by atoms with Crippen molar-refractivity contribution >= 4 is 62.9 Å².